The Bertz CT molecular complexity index is 1740. The number of morpholine rings is 2. The zero-order valence-electron chi connectivity index (χ0n) is 31.2. The van der Waals surface area contributed by atoms with E-state index in [9.17, 15) is 9.59 Å². The third-order valence-electron chi connectivity index (χ3n) is 11.6. The van der Waals surface area contributed by atoms with E-state index in [-0.39, 0.29) is 43.7 Å². The van der Waals surface area contributed by atoms with Crippen molar-refractivity contribution < 1.29 is 19.1 Å². The quantitative estimate of drug-likeness (QED) is 0.188. The molecule has 0 bridgehead atoms. The number of benzene rings is 4. The summed E-state index contributed by atoms with van der Waals surface area (Å²) in [6.07, 6.45) is 3.92. The molecule has 1 unspecified atom stereocenters. The van der Waals surface area contributed by atoms with Gasteiger partial charge in [-0.2, -0.15) is 0 Å². The molecule has 286 valence electrons. The van der Waals surface area contributed by atoms with Crippen LogP contribution in [0.5, 0.6) is 0 Å². The minimum absolute atomic E-state index is 0. The number of rotatable bonds is 8. The molecule has 8 heteroatoms. The molecule has 0 radical (unpaired) electrons. The van der Waals surface area contributed by atoms with Gasteiger partial charge >= 0.3 is 0 Å². The highest BCUT2D eigenvalue weighted by Crippen LogP contribution is 2.34. The monoisotopic (exact) mass is 730 g/mol. The molecule has 0 aromatic heterocycles. The fourth-order valence-electron chi connectivity index (χ4n) is 8.28. The number of carbonyl (C=O) groups is 2. The average molecular weight is 731 g/mol. The van der Waals surface area contributed by atoms with Crippen LogP contribution in [0.4, 0.5) is 5.69 Å². The van der Waals surface area contributed by atoms with Gasteiger partial charge in [0.05, 0.1) is 24.3 Å². The van der Waals surface area contributed by atoms with Crippen molar-refractivity contribution >= 4 is 17.5 Å². The molecular weight excluding hydrogens is 673 g/mol. The average Bonchev–Trinajstić information content (AvgIpc) is 3.21. The first-order valence-corrected chi connectivity index (χ1v) is 19.4. The van der Waals surface area contributed by atoms with Crippen LogP contribution in [-0.2, 0) is 32.2 Å². The Hall–Kier alpha value is -4.34. The zero-order valence-corrected chi connectivity index (χ0v) is 31.2. The third kappa shape index (κ3) is 10.0. The number of likely N-dealkylation sites (tertiary alicyclic amines) is 2. The van der Waals surface area contributed by atoms with Crippen LogP contribution < -0.4 is 4.90 Å². The lowest BCUT2D eigenvalue weighted by Gasteiger charge is -2.47. The molecule has 0 aliphatic carbocycles. The van der Waals surface area contributed by atoms with Crippen molar-refractivity contribution in [2.75, 3.05) is 63.9 Å². The molecule has 1 atom stereocenters. The summed E-state index contributed by atoms with van der Waals surface area (Å²) in [6, 6.07) is 41.5. The molecule has 2 spiro atoms. The summed E-state index contributed by atoms with van der Waals surface area (Å²) in [5.41, 5.74) is 4.54. The van der Waals surface area contributed by atoms with E-state index in [4.69, 9.17) is 9.47 Å². The van der Waals surface area contributed by atoms with Crippen molar-refractivity contribution in [3.8, 4) is 0 Å². The summed E-state index contributed by atoms with van der Waals surface area (Å²) in [4.78, 5) is 33.6. The van der Waals surface area contributed by atoms with Crippen molar-refractivity contribution in [3.63, 3.8) is 0 Å². The minimum Gasteiger partial charge on any atom is -0.363 e. The van der Waals surface area contributed by atoms with E-state index < -0.39 is 0 Å². The van der Waals surface area contributed by atoms with Crippen molar-refractivity contribution in [2.45, 2.75) is 70.2 Å². The first-order valence-electron chi connectivity index (χ1n) is 19.4. The zero-order chi connectivity index (χ0) is 36.5. The van der Waals surface area contributed by atoms with Crippen LogP contribution in [0.2, 0.25) is 0 Å². The smallest absolute Gasteiger partial charge is 0.253 e. The number of nitrogens with zero attached hydrogens (tertiary/aromatic N) is 4. The van der Waals surface area contributed by atoms with Gasteiger partial charge in [0.1, 0.15) is 13.2 Å². The molecule has 4 aliphatic rings. The maximum Gasteiger partial charge on any atom is 0.253 e. The Morgan fingerprint density at radius 3 is 1.61 bits per heavy atom. The van der Waals surface area contributed by atoms with Gasteiger partial charge in [0, 0.05) is 51.5 Å². The lowest BCUT2D eigenvalue weighted by Crippen LogP contribution is -2.59. The van der Waals surface area contributed by atoms with Crippen molar-refractivity contribution in [1.82, 2.24) is 14.7 Å². The van der Waals surface area contributed by atoms with Crippen molar-refractivity contribution in [1.29, 1.82) is 0 Å². The predicted molar refractivity (Wildman–Crippen MR) is 216 cm³/mol. The summed E-state index contributed by atoms with van der Waals surface area (Å²) in [5, 5.41) is 0. The second-order valence-corrected chi connectivity index (χ2v) is 15.4. The molecule has 0 saturated carbocycles. The molecule has 54 heavy (non-hydrogen) atoms. The summed E-state index contributed by atoms with van der Waals surface area (Å²) >= 11 is 0. The van der Waals surface area contributed by atoms with Crippen LogP contribution >= 0.6 is 0 Å². The second-order valence-electron chi connectivity index (χ2n) is 15.4. The van der Waals surface area contributed by atoms with Gasteiger partial charge in [-0.15, -0.1) is 0 Å². The topological polar surface area (TPSA) is 65.6 Å². The highest BCUT2D eigenvalue weighted by atomic mass is 16.5. The molecule has 0 N–H and O–H groups in total. The Balaban J connectivity index is 0.000000181. The SMILES string of the molecule is C.CC(CN1CCC2(CC1)CN(c1ccccc1)C(=O)CO2)c1ccccc1.O=C1COC2(CCN(Cc3ccccc3)CC2)CN1Cc1ccccc1. The van der Waals surface area contributed by atoms with Crippen LogP contribution in [0.1, 0.15) is 62.6 Å². The summed E-state index contributed by atoms with van der Waals surface area (Å²) in [6.45, 7) is 10.9. The van der Waals surface area contributed by atoms with E-state index in [2.05, 4.69) is 89.5 Å². The highest BCUT2D eigenvalue weighted by molar-refractivity contribution is 5.95. The fourth-order valence-corrected chi connectivity index (χ4v) is 8.28. The third-order valence-corrected chi connectivity index (χ3v) is 11.6. The Morgan fingerprint density at radius 2 is 1.04 bits per heavy atom. The lowest BCUT2D eigenvalue weighted by atomic mass is 9.88. The first-order chi connectivity index (χ1) is 25.9. The van der Waals surface area contributed by atoms with E-state index in [0.29, 0.717) is 25.6 Å². The lowest BCUT2D eigenvalue weighted by molar-refractivity contribution is -0.172. The number of ether oxygens (including phenoxy) is 2. The normalized spacial score (nSPS) is 20.5. The number of anilines is 1. The summed E-state index contributed by atoms with van der Waals surface area (Å²) in [5.74, 6) is 0.688. The van der Waals surface area contributed by atoms with Gasteiger partial charge in [-0.05, 0) is 60.4 Å². The van der Waals surface area contributed by atoms with E-state index in [1.165, 1.54) is 16.7 Å². The Labute approximate surface area is 322 Å². The Morgan fingerprint density at radius 1 is 0.574 bits per heavy atom. The Kier molecular flexibility index (Phi) is 13.4. The molecule has 4 aromatic carbocycles. The largest absolute Gasteiger partial charge is 0.363 e. The number of piperidine rings is 2. The number of hydrogen-bond acceptors (Lipinski definition) is 6. The number of amides is 2. The van der Waals surface area contributed by atoms with Crippen molar-refractivity contribution in [3.05, 3.63) is 138 Å². The van der Waals surface area contributed by atoms with Gasteiger partial charge in [-0.1, -0.05) is 124 Å². The van der Waals surface area contributed by atoms with Crippen LogP contribution in [-0.4, -0.2) is 96.7 Å². The molecule has 2 amide bonds. The maximum atomic E-state index is 12.4. The standard InChI is InChI=1S/C23H28N2O2.C22H26N2O2.CH4/c1-19(20-8-4-2-5-9-20)16-24-14-12-23(13-15-24)18-25(22(26)17-27-23)21-10-6-3-7-11-21;25-21-17-26-22(18-24(21)16-20-9-5-2-6-10-20)11-13-23(14-12-22)15-19-7-3-1-4-8-19;/h2-11,19H,12-18H2,1H3;1-10H,11-18H2;1H4. The molecule has 4 aliphatic heterocycles. The minimum atomic E-state index is -0.198. The van der Waals surface area contributed by atoms with Gasteiger partial charge in [-0.25, -0.2) is 0 Å². The van der Waals surface area contributed by atoms with E-state index in [1.54, 1.807) is 0 Å². The van der Waals surface area contributed by atoms with Gasteiger partial charge in [0.25, 0.3) is 5.91 Å². The summed E-state index contributed by atoms with van der Waals surface area (Å²) < 4.78 is 12.2. The molecular formula is C46H58N4O4. The molecule has 8 rings (SSSR count). The summed E-state index contributed by atoms with van der Waals surface area (Å²) in [7, 11) is 0. The van der Waals surface area contributed by atoms with E-state index in [0.717, 1.165) is 70.6 Å². The van der Waals surface area contributed by atoms with Gasteiger partial charge in [0.15, 0.2) is 0 Å². The van der Waals surface area contributed by atoms with Crippen LogP contribution in [0, 0.1) is 0 Å². The van der Waals surface area contributed by atoms with Crippen LogP contribution in [0.3, 0.4) is 0 Å². The number of para-hydroxylation sites is 1. The predicted octanol–water partition coefficient (Wildman–Crippen LogP) is 7.40. The van der Waals surface area contributed by atoms with Crippen LogP contribution in [0.15, 0.2) is 121 Å². The fraction of sp³-hybridized carbons (Fsp3) is 0.435. The van der Waals surface area contributed by atoms with E-state index >= 15 is 0 Å². The molecule has 4 heterocycles. The molecule has 4 fully saturated rings. The van der Waals surface area contributed by atoms with E-state index in [1.807, 2.05) is 58.3 Å². The molecule has 4 saturated heterocycles. The van der Waals surface area contributed by atoms with Crippen molar-refractivity contribution in [2.24, 2.45) is 0 Å². The number of hydrogen-bond donors (Lipinski definition) is 0. The molecule has 8 nitrogen and oxygen atoms in total. The maximum absolute atomic E-state index is 12.4. The van der Waals surface area contributed by atoms with Gasteiger partial charge in [-0.3, -0.25) is 14.5 Å². The van der Waals surface area contributed by atoms with Gasteiger partial charge < -0.3 is 24.2 Å². The number of carbonyl (C=O) groups excluding carboxylic acids is 2. The molecule has 4 aromatic rings. The van der Waals surface area contributed by atoms with Crippen LogP contribution in [0.25, 0.3) is 0 Å². The second kappa shape index (κ2) is 18.3. The highest BCUT2D eigenvalue weighted by Gasteiger charge is 2.43. The first kappa shape index (κ1) is 39.4. The van der Waals surface area contributed by atoms with Gasteiger partial charge in [0.2, 0.25) is 5.91 Å².